The average molecular weight is 484 g/mol. The lowest BCUT2D eigenvalue weighted by molar-refractivity contribution is -0.139. The molecule has 0 saturated heterocycles. The van der Waals surface area contributed by atoms with E-state index in [4.69, 9.17) is 0 Å². The van der Waals surface area contributed by atoms with Crippen molar-refractivity contribution in [2.45, 2.75) is 25.2 Å². The fourth-order valence-electron chi connectivity index (χ4n) is 4.96. The first kappa shape index (κ1) is 22.9. The Morgan fingerprint density at radius 2 is 1.71 bits per heavy atom. The first-order chi connectivity index (χ1) is 16.6. The maximum absolute atomic E-state index is 13.7. The predicted molar refractivity (Wildman–Crippen MR) is 120 cm³/mol. The Kier molecular flexibility index (Phi) is 5.53. The third kappa shape index (κ3) is 4.02. The zero-order chi connectivity index (χ0) is 24.9. The number of rotatable bonds is 3. The molecule has 0 aromatic heterocycles. The summed E-state index contributed by atoms with van der Waals surface area (Å²) in [5.74, 6) is -0.804. The molecule has 0 spiro atoms. The summed E-state index contributed by atoms with van der Waals surface area (Å²) >= 11 is 0. The number of hydrogen-bond acceptors (Lipinski definition) is 3. The van der Waals surface area contributed by atoms with Crippen LogP contribution in [0.25, 0.3) is 0 Å². The molecule has 1 N–H and O–H groups in total. The van der Waals surface area contributed by atoms with E-state index in [0.717, 1.165) is 11.6 Å². The summed E-state index contributed by atoms with van der Waals surface area (Å²) in [4.78, 5) is 43.2. The molecule has 0 bridgehead atoms. The molecule has 0 fully saturated rings. The second kappa shape index (κ2) is 8.44. The number of likely N-dealkylation sites (N-methyl/N-ethyl adjacent to an activating group) is 1. The van der Waals surface area contributed by atoms with E-state index in [-0.39, 0.29) is 30.1 Å². The van der Waals surface area contributed by atoms with Crippen LogP contribution in [0.1, 0.15) is 28.3 Å². The molecule has 0 unspecified atom stereocenters. The van der Waals surface area contributed by atoms with Crippen LogP contribution in [-0.2, 0) is 28.7 Å². The monoisotopic (exact) mass is 484 g/mol. The number of nitrogens with zero attached hydrogens (tertiary/aromatic N) is 3. The Hall–Kier alpha value is -3.82. The van der Waals surface area contributed by atoms with E-state index in [1.54, 1.807) is 4.90 Å². The second-order valence-electron chi connectivity index (χ2n) is 8.88. The molecule has 3 aliphatic rings. The van der Waals surface area contributed by atoms with Crippen LogP contribution in [0.2, 0.25) is 0 Å². The van der Waals surface area contributed by atoms with Crippen LogP contribution >= 0.6 is 0 Å². The molecule has 3 heterocycles. The summed E-state index contributed by atoms with van der Waals surface area (Å²) in [6.45, 7) is 0.709. The standard InChI is InChI=1S/C25H23F3N4O3/c1-30-19-13-32(14-20(33)31-11-10-15-6-2-3-7-16(15)12-31)23(34)21(19)22(29-24(30)35)17-8-4-5-9-18(17)25(26,27)28/h2-9,22H,10-14H2,1H3,(H,29,35)/t22-/m0/s1. The van der Waals surface area contributed by atoms with Crippen LogP contribution in [0.3, 0.4) is 0 Å². The van der Waals surface area contributed by atoms with Gasteiger partial charge < -0.3 is 15.1 Å². The molecule has 0 saturated carbocycles. The van der Waals surface area contributed by atoms with Gasteiger partial charge in [0.05, 0.1) is 29.4 Å². The number of hydrogen-bond donors (Lipinski definition) is 1. The van der Waals surface area contributed by atoms with Gasteiger partial charge in [-0.1, -0.05) is 42.5 Å². The van der Waals surface area contributed by atoms with Crippen LogP contribution in [0, 0.1) is 0 Å². The Labute approximate surface area is 199 Å². The Balaban J connectivity index is 1.40. The Morgan fingerprint density at radius 3 is 2.46 bits per heavy atom. The maximum Gasteiger partial charge on any atom is 0.416 e. The van der Waals surface area contributed by atoms with Crippen molar-refractivity contribution in [2.24, 2.45) is 0 Å². The topological polar surface area (TPSA) is 73.0 Å². The lowest BCUT2D eigenvalue weighted by atomic mass is 9.92. The third-order valence-corrected chi connectivity index (χ3v) is 6.82. The van der Waals surface area contributed by atoms with Gasteiger partial charge in [0.15, 0.2) is 0 Å². The Bertz CT molecular complexity index is 1260. The van der Waals surface area contributed by atoms with Gasteiger partial charge in [-0.15, -0.1) is 0 Å². The number of nitrogens with one attached hydrogen (secondary N) is 1. The molecule has 2 aromatic carbocycles. The molecule has 5 rings (SSSR count). The van der Waals surface area contributed by atoms with Crippen molar-refractivity contribution in [3.05, 3.63) is 82.1 Å². The predicted octanol–water partition coefficient (Wildman–Crippen LogP) is 3.08. The Morgan fingerprint density at radius 1 is 1.03 bits per heavy atom. The molecule has 2 aromatic rings. The van der Waals surface area contributed by atoms with Gasteiger partial charge in [0.2, 0.25) is 5.91 Å². The summed E-state index contributed by atoms with van der Waals surface area (Å²) in [7, 11) is 1.46. The van der Waals surface area contributed by atoms with Crippen molar-refractivity contribution in [3.8, 4) is 0 Å². The van der Waals surface area contributed by atoms with E-state index in [1.807, 2.05) is 24.3 Å². The van der Waals surface area contributed by atoms with Crippen LogP contribution in [-0.4, -0.2) is 59.2 Å². The molecule has 182 valence electrons. The molecular weight excluding hydrogens is 461 g/mol. The van der Waals surface area contributed by atoms with Gasteiger partial charge >= 0.3 is 12.2 Å². The fraction of sp³-hybridized carbons (Fsp3) is 0.320. The minimum absolute atomic E-state index is 0.0288. The van der Waals surface area contributed by atoms with Crippen LogP contribution in [0.4, 0.5) is 18.0 Å². The molecular formula is C25H23F3N4O3. The normalized spacial score (nSPS) is 20.1. The molecule has 35 heavy (non-hydrogen) atoms. The zero-order valence-corrected chi connectivity index (χ0v) is 18.9. The average Bonchev–Trinajstić information content (AvgIpc) is 3.16. The number of alkyl halides is 3. The molecule has 1 atom stereocenters. The molecule has 0 radical (unpaired) electrons. The lowest BCUT2D eigenvalue weighted by Gasteiger charge is -2.32. The number of carbonyl (C=O) groups excluding carboxylic acids is 3. The largest absolute Gasteiger partial charge is 0.416 e. The molecule has 0 aliphatic carbocycles. The van der Waals surface area contributed by atoms with E-state index in [0.29, 0.717) is 25.2 Å². The van der Waals surface area contributed by atoms with Crippen molar-refractivity contribution < 1.29 is 27.6 Å². The number of fused-ring (bicyclic) bond motifs is 1. The van der Waals surface area contributed by atoms with Crippen molar-refractivity contribution in [1.82, 2.24) is 20.0 Å². The fourth-order valence-corrected chi connectivity index (χ4v) is 4.96. The second-order valence-corrected chi connectivity index (χ2v) is 8.88. The molecule has 7 nitrogen and oxygen atoms in total. The zero-order valence-electron chi connectivity index (χ0n) is 18.9. The SMILES string of the molecule is CN1C(=O)N[C@@H](c2ccccc2C(F)(F)F)C2=C1CN(CC(=O)N1CCc3ccccc3C1)C2=O. The van der Waals surface area contributed by atoms with Crippen molar-refractivity contribution >= 4 is 17.8 Å². The van der Waals surface area contributed by atoms with E-state index < -0.39 is 29.7 Å². The first-order valence-corrected chi connectivity index (χ1v) is 11.2. The van der Waals surface area contributed by atoms with E-state index in [9.17, 15) is 27.6 Å². The highest BCUT2D eigenvalue weighted by molar-refractivity contribution is 6.03. The first-order valence-electron chi connectivity index (χ1n) is 11.2. The molecule has 10 heteroatoms. The quantitative estimate of drug-likeness (QED) is 0.728. The lowest BCUT2D eigenvalue weighted by Crippen LogP contribution is -2.45. The minimum Gasteiger partial charge on any atom is -0.336 e. The van der Waals surface area contributed by atoms with Gasteiger partial charge in [0.25, 0.3) is 5.91 Å². The number of halogens is 3. The summed E-state index contributed by atoms with van der Waals surface area (Å²) in [5, 5.41) is 2.53. The third-order valence-electron chi connectivity index (χ3n) is 6.82. The highest BCUT2D eigenvalue weighted by atomic mass is 19.4. The molecule has 3 aliphatic heterocycles. The summed E-state index contributed by atoms with van der Waals surface area (Å²) in [6.07, 6.45) is -3.95. The van der Waals surface area contributed by atoms with Gasteiger partial charge in [0.1, 0.15) is 6.54 Å². The van der Waals surface area contributed by atoms with Crippen molar-refractivity contribution in [3.63, 3.8) is 0 Å². The number of urea groups is 1. The van der Waals surface area contributed by atoms with Crippen LogP contribution in [0.5, 0.6) is 0 Å². The summed E-state index contributed by atoms with van der Waals surface area (Å²) in [6, 6.07) is 10.9. The number of benzene rings is 2. The van der Waals surface area contributed by atoms with Gasteiger partial charge in [-0.2, -0.15) is 13.2 Å². The van der Waals surface area contributed by atoms with Crippen LogP contribution < -0.4 is 5.32 Å². The smallest absolute Gasteiger partial charge is 0.336 e. The van der Waals surface area contributed by atoms with Gasteiger partial charge in [-0.05, 0) is 29.2 Å². The van der Waals surface area contributed by atoms with Crippen molar-refractivity contribution in [2.75, 3.05) is 26.7 Å². The van der Waals surface area contributed by atoms with E-state index in [2.05, 4.69) is 5.32 Å². The summed E-state index contributed by atoms with van der Waals surface area (Å²) < 4.78 is 41.1. The van der Waals surface area contributed by atoms with Crippen LogP contribution in [0.15, 0.2) is 59.8 Å². The highest BCUT2D eigenvalue weighted by Gasteiger charge is 2.46. The maximum atomic E-state index is 13.7. The van der Waals surface area contributed by atoms with Crippen molar-refractivity contribution in [1.29, 1.82) is 0 Å². The summed E-state index contributed by atoms with van der Waals surface area (Å²) in [5.41, 5.74) is 1.47. The number of amides is 4. The van der Waals surface area contributed by atoms with E-state index in [1.165, 1.54) is 40.6 Å². The van der Waals surface area contributed by atoms with Gasteiger partial charge in [-0.3, -0.25) is 14.5 Å². The highest BCUT2D eigenvalue weighted by Crippen LogP contribution is 2.41. The number of carbonyl (C=O) groups is 3. The van der Waals surface area contributed by atoms with Gasteiger partial charge in [-0.25, -0.2) is 4.79 Å². The van der Waals surface area contributed by atoms with E-state index >= 15 is 0 Å². The minimum atomic E-state index is -4.66. The molecule has 4 amide bonds. The van der Waals surface area contributed by atoms with Gasteiger partial charge in [0, 0.05) is 20.1 Å².